The highest BCUT2D eigenvalue weighted by atomic mass is 35.5. The second-order valence-corrected chi connectivity index (χ2v) is 5.86. The van der Waals surface area contributed by atoms with Gasteiger partial charge >= 0.3 is 0 Å². The van der Waals surface area contributed by atoms with Crippen molar-refractivity contribution in [2.45, 2.75) is 13.0 Å². The van der Waals surface area contributed by atoms with Crippen LogP contribution in [0.3, 0.4) is 0 Å². The Bertz CT molecular complexity index is 819. The molecule has 132 valence electrons. The Morgan fingerprint density at radius 2 is 1.72 bits per heavy atom. The monoisotopic (exact) mass is 383 g/mol. The van der Waals surface area contributed by atoms with Gasteiger partial charge in [-0.3, -0.25) is 0 Å². The van der Waals surface area contributed by atoms with Crippen molar-refractivity contribution in [3.05, 3.63) is 82.6 Å². The number of furan rings is 1. The molecular weight excluding hydrogens is 367 g/mol. The maximum Gasteiger partial charge on any atom is 0.141 e. The van der Waals surface area contributed by atoms with E-state index < -0.39 is 5.82 Å². The molecule has 3 aromatic rings. The molecule has 0 atom stereocenters. The number of nitrogens with one attached hydrogen (secondary N) is 1. The summed E-state index contributed by atoms with van der Waals surface area (Å²) in [6.45, 7) is 1.33. The van der Waals surface area contributed by atoms with Crippen LogP contribution in [0, 0.1) is 11.6 Å². The van der Waals surface area contributed by atoms with Gasteiger partial charge in [0.05, 0.1) is 11.6 Å². The van der Waals surface area contributed by atoms with Crippen LogP contribution < -0.4 is 5.32 Å². The summed E-state index contributed by atoms with van der Waals surface area (Å²) in [4.78, 5) is 0. The SMILES string of the molecule is Cl.Fc1ccc(CCNCc2ccc(-c3ccc(F)c(Cl)c3)o2)cc1. The molecule has 0 saturated carbocycles. The Hall–Kier alpha value is -1.88. The Morgan fingerprint density at radius 1 is 0.960 bits per heavy atom. The molecule has 0 aliphatic carbocycles. The molecule has 1 N–H and O–H groups in total. The minimum Gasteiger partial charge on any atom is -0.460 e. The summed E-state index contributed by atoms with van der Waals surface area (Å²) in [6, 6.07) is 14.7. The first kappa shape index (κ1) is 19.4. The van der Waals surface area contributed by atoms with Gasteiger partial charge in [0.1, 0.15) is 23.2 Å². The Balaban J connectivity index is 0.00000225. The predicted octanol–water partition coefficient (Wildman–Crippen LogP) is 5.63. The van der Waals surface area contributed by atoms with Crippen molar-refractivity contribution in [1.82, 2.24) is 5.32 Å². The minimum atomic E-state index is -0.449. The number of halogens is 4. The zero-order valence-electron chi connectivity index (χ0n) is 13.3. The highest BCUT2D eigenvalue weighted by Gasteiger charge is 2.07. The molecular formula is C19H17Cl2F2NO. The van der Waals surface area contributed by atoms with Crippen molar-refractivity contribution in [1.29, 1.82) is 0 Å². The number of rotatable bonds is 6. The second-order valence-electron chi connectivity index (χ2n) is 5.45. The highest BCUT2D eigenvalue weighted by Crippen LogP contribution is 2.26. The first-order valence-corrected chi connectivity index (χ1v) is 7.99. The van der Waals surface area contributed by atoms with Crippen LogP contribution in [0.25, 0.3) is 11.3 Å². The molecule has 0 saturated heterocycles. The van der Waals surface area contributed by atoms with E-state index in [2.05, 4.69) is 5.32 Å². The lowest BCUT2D eigenvalue weighted by Crippen LogP contribution is -2.16. The van der Waals surface area contributed by atoms with Crippen LogP contribution in [0.1, 0.15) is 11.3 Å². The molecule has 0 aliphatic heterocycles. The lowest BCUT2D eigenvalue weighted by Gasteiger charge is -2.04. The van der Waals surface area contributed by atoms with Gasteiger partial charge in [0.2, 0.25) is 0 Å². The van der Waals surface area contributed by atoms with E-state index in [9.17, 15) is 8.78 Å². The maximum atomic E-state index is 13.2. The zero-order chi connectivity index (χ0) is 16.9. The molecule has 25 heavy (non-hydrogen) atoms. The average molecular weight is 384 g/mol. The Kier molecular flexibility index (Phi) is 7.00. The van der Waals surface area contributed by atoms with Gasteiger partial charge in [0.25, 0.3) is 0 Å². The molecule has 0 amide bonds. The van der Waals surface area contributed by atoms with Crippen molar-refractivity contribution >= 4 is 24.0 Å². The molecule has 0 unspecified atom stereocenters. The average Bonchev–Trinajstić information content (AvgIpc) is 3.05. The van der Waals surface area contributed by atoms with Crippen LogP contribution in [0.15, 0.2) is 59.0 Å². The third-order valence-electron chi connectivity index (χ3n) is 3.67. The first-order chi connectivity index (χ1) is 11.6. The van der Waals surface area contributed by atoms with Crippen LogP contribution in [0.4, 0.5) is 8.78 Å². The van der Waals surface area contributed by atoms with Gasteiger partial charge in [-0.15, -0.1) is 12.4 Å². The lowest BCUT2D eigenvalue weighted by atomic mass is 10.1. The van der Waals surface area contributed by atoms with Gasteiger partial charge in [-0.05, 0) is 61.0 Å². The van der Waals surface area contributed by atoms with Crippen molar-refractivity contribution in [3.63, 3.8) is 0 Å². The van der Waals surface area contributed by atoms with E-state index in [1.54, 1.807) is 24.3 Å². The third kappa shape index (κ3) is 5.30. The normalized spacial score (nSPS) is 10.5. The highest BCUT2D eigenvalue weighted by molar-refractivity contribution is 6.31. The molecule has 0 radical (unpaired) electrons. The summed E-state index contributed by atoms with van der Waals surface area (Å²) in [6.07, 6.45) is 0.807. The molecule has 0 fully saturated rings. The van der Waals surface area contributed by atoms with E-state index in [1.165, 1.54) is 18.2 Å². The van der Waals surface area contributed by atoms with E-state index in [4.69, 9.17) is 16.0 Å². The van der Waals surface area contributed by atoms with E-state index in [0.717, 1.165) is 29.9 Å². The van der Waals surface area contributed by atoms with Gasteiger partial charge in [-0.1, -0.05) is 23.7 Å². The smallest absolute Gasteiger partial charge is 0.141 e. The summed E-state index contributed by atoms with van der Waals surface area (Å²) >= 11 is 5.79. The fourth-order valence-corrected chi connectivity index (χ4v) is 2.55. The van der Waals surface area contributed by atoms with Crippen molar-refractivity contribution < 1.29 is 13.2 Å². The van der Waals surface area contributed by atoms with Crippen molar-refractivity contribution in [2.75, 3.05) is 6.54 Å². The van der Waals surface area contributed by atoms with Crippen molar-refractivity contribution in [2.24, 2.45) is 0 Å². The minimum absolute atomic E-state index is 0. The third-order valence-corrected chi connectivity index (χ3v) is 3.96. The molecule has 2 nitrogen and oxygen atoms in total. The first-order valence-electron chi connectivity index (χ1n) is 7.61. The molecule has 1 aromatic heterocycles. The summed E-state index contributed by atoms with van der Waals surface area (Å²) in [5, 5.41) is 3.35. The van der Waals surface area contributed by atoms with Gasteiger partial charge in [-0.25, -0.2) is 8.78 Å². The Labute approximate surface area is 156 Å². The zero-order valence-corrected chi connectivity index (χ0v) is 14.8. The molecule has 1 heterocycles. The van der Waals surface area contributed by atoms with Crippen LogP contribution >= 0.6 is 24.0 Å². The summed E-state index contributed by atoms with van der Waals surface area (Å²) < 4.78 is 31.8. The molecule has 2 aromatic carbocycles. The van der Waals surface area contributed by atoms with Gasteiger partial charge in [0.15, 0.2) is 0 Å². The topological polar surface area (TPSA) is 25.2 Å². The predicted molar refractivity (Wildman–Crippen MR) is 98.2 cm³/mol. The molecule has 3 rings (SSSR count). The summed E-state index contributed by atoms with van der Waals surface area (Å²) in [5.41, 5.74) is 1.81. The lowest BCUT2D eigenvalue weighted by molar-refractivity contribution is 0.494. The van der Waals surface area contributed by atoms with Crippen LogP contribution in [-0.4, -0.2) is 6.54 Å². The fourth-order valence-electron chi connectivity index (χ4n) is 2.37. The quantitative estimate of drug-likeness (QED) is 0.557. The Morgan fingerprint density at radius 3 is 2.44 bits per heavy atom. The number of benzene rings is 2. The fraction of sp³-hybridized carbons (Fsp3) is 0.158. The maximum absolute atomic E-state index is 13.2. The standard InChI is InChI=1S/C19H16ClF2NO.ClH/c20-17-11-14(3-7-18(17)22)19-8-6-16(24-19)12-23-10-9-13-1-4-15(21)5-2-13;/h1-8,11,23H,9-10,12H2;1H. The molecule has 0 spiro atoms. The largest absolute Gasteiger partial charge is 0.460 e. The van der Waals surface area contributed by atoms with Crippen LogP contribution in [0.5, 0.6) is 0 Å². The van der Waals surface area contributed by atoms with Crippen molar-refractivity contribution in [3.8, 4) is 11.3 Å². The summed E-state index contributed by atoms with van der Waals surface area (Å²) in [7, 11) is 0. The molecule has 6 heteroatoms. The molecule has 0 bridgehead atoms. The number of hydrogen-bond donors (Lipinski definition) is 1. The van der Waals surface area contributed by atoms with E-state index in [-0.39, 0.29) is 23.2 Å². The second kappa shape index (κ2) is 8.99. The number of hydrogen-bond acceptors (Lipinski definition) is 2. The van der Waals surface area contributed by atoms with E-state index in [0.29, 0.717) is 12.3 Å². The van der Waals surface area contributed by atoms with Gasteiger partial charge in [0, 0.05) is 5.56 Å². The van der Waals surface area contributed by atoms with Crippen LogP contribution in [0.2, 0.25) is 5.02 Å². The van der Waals surface area contributed by atoms with Crippen LogP contribution in [-0.2, 0) is 13.0 Å². The van der Waals surface area contributed by atoms with E-state index >= 15 is 0 Å². The van der Waals surface area contributed by atoms with E-state index in [1.807, 2.05) is 12.1 Å². The molecule has 0 aliphatic rings. The summed E-state index contributed by atoms with van der Waals surface area (Å²) in [5.74, 6) is 0.752. The van der Waals surface area contributed by atoms with Gasteiger partial charge < -0.3 is 9.73 Å². The van der Waals surface area contributed by atoms with Gasteiger partial charge in [-0.2, -0.15) is 0 Å².